The highest BCUT2D eigenvalue weighted by atomic mass is 14.5. The second kappa shape index (κ2) is 9.95. The van der Waals surface area contributed by atoms with Gasteiger partial charge in [-0.3, -0.25) is 0 Å². The number of rotatable bonds is 9. The second-order valence-electron chi connectivity index (χ2n) is 8.10. The fourth-order valence-corrected chi connectivity index (χ4v) is 4.28. The quantitative estimate of drug-likeness (QED) is 0.365. The monoisotopic (exact) mass is 352 g/mol. The highest BCUT2D eigenvalue weighted by Crippen LogP contribution is 2.62. The third-order valence-corrected chi connectivity index (χ3v) is 5.57. The van der Waals surface area contributed by atoms with Crippen molar-refractivity contribution < 1.29 is 0 Å². The van der Waals surface area contributed by atoms with Crippen molar-refractivity contribution in [1.29, 1.82) is 0 Å². The summed E-state index contributed by atoms with van der Waals surface area (Å²) >= 11 is 0. The molecule has 2 unspecified atom stereocenters. The first-order valence-corrected chi connectivity index (χ1v) is 10.4. The summed E-state index contributed by atoms with van der Waals surface area (Å²) in [5.74, 6) is 0. The van der Waals surface area contributed by atoms with Gasteiger partial charge in [0.15, 0.2) is 0 Å². The van der Waals surface area contributed by atoms with Crippen LogP contribution >= 0.6 is 0 Å². The molecular formula is C26H40. The van der Waals surface area contributed by atoms with Crippen molar-refractivity contribution in [2.24, 2.45) is 10.8 Å². The molecule has 144 valence electrons. The largest absolute Gasteiger partial charge is 0.0992 e. The summed E-state index contributed by atoms with van der Waals surface area (Å²) < 4.78 is 0. The summed E-state index contributed by atoms with van der Waals surface area (Å²) in [6, 6.07) is 0. The number of hydrogen-bond donors (Lipinski definition) is 0. The molecule has 0 nitrogen and oxygen atoms in total. The van der Waals surface area contributed by atoms with E-state index < -0.39 is 0 Å². The van der Waals surface area contributed by atoms with Gasteiger partial charge in [0.25, 0.3) is 0 Å². The molecule has 1 aliphatic carbocycles. The van der Waals surface area contributed by atoms with Crippen LogP contribution in [0.1, 0.15) is 80.6 Å². The van der Waals surface area contributed by atoms with Crippen LogP contribution in [-0.4, -0.2) is 0 Å². The summed E-state index contributed by atoms with van der Waals surface area (Å²) in [6.45, 7) is 20.1. The predicted molar refractivity (Wildman–Crippen MR) is 119 cm³/mol. The van der Waals surface area contributed by atoms with Gasteiger partial charge in [-0.15, -0.1) is 0 Å². The van der Waals surface area contributed by atoms with Gasteiger partial charge < -0.3 is 0 Å². The summed E-state index contributed by atoms with van der Waals surface area (Å²) in [5.41, 5.74) is 5.41. The van der Waals surface area contributed by atoms with Crippen molar-refractivity contribution in [3.05, 3.63) is 71.4 Å². The van der Waals surface area contributed by atoms with Crippen molar-refractivity contribution in [2.45, 2.75) is 80.6 Å². The van der Waals surface area contributed by atoms with Crippen molar-refractivity contribution >= 4 is 0 Å². The SMILES string of the molecule is C=C(C)C1(C=CCC)CC(C=CCCC)=C(C=CCC)C1(C)C=C(C)C. The second-order valence-corrected chi connectivity index (χ2v) is 8.10. The molecule has 0 aliphatic heterocycles. The van der Waals surface area contributed by atoms with Crippen LogP contribution < -0.4 is 0 Å². The van der Waals surface area contributed by atoms with Crippen LogP contribution in [0.25, 0.3) is 0 Å². The number of unbranched alkanes of at least 4 members (excludes halogenated alkanes) is 1. The molecule has 0 heterocycles. The van der Waals surface area contributed by atoms with E-state index in [1.165, 1.54) is 28.7 Å². The third kappa shape index (κ3) is 4.58. The van der Waals surface area contributed by atoms with E-state index in [-0.39, 0.29) is 10.8 Å². The van der Waals surface area contributed by atoms with E-state index in [2.05, 4.69) is 97.6 Å². The standard InChI is InChI=1S/C26H40/c1-9-12-15-16-23-20-26(22(6)7,18-14-11-3)25(8,19-21(4)5)24(23)17-13-10-2/h13-19H,6,9-12,20H2,1-5,7-8H3. The maximum Gasteiger partial charge on any atom is 0.0255 e. The minimum Gasteiger partial charge on any atom is -0.0992 e. The van der Waals surface area contributed by atoms with Gasteiger partial charge in [0.05, 0.1) is 0 Å². The fraction of sp³-hybridized carbons (Fsp3) is 0.538. The Labute approximate surface area is 163 Å². The van der Waals surface area contributed by atoms with E-state index >= 15 is 0 Å². The number of allylic oxidation sites excluding steroid dienone is 11. The molecule has 0 N–H and O–H groups in total. The normalized spacial score (nSPS) is 26.6. The van der Waals surface area contributed by atoms with Crippen LogP contribution in [0.3, 0.4) is 0 Å². The maximum absolute atomic E-state index is 4.46. The van der Waals surface area contributed by atoms with Crippen LogP contribution in [-0.2, 0) is 0 Å². The first-order chi connectivity index (χ1) is 12.3. The minimum absolute atomic E-state index is 0.0560. The van der Waals surface area contributed by atoms with E-state index in [4.69, 9.17) is 0 Å². The van der Waals surface area contributed by atoms with Crippen LogP contribution in [0.2, 0.25) is 0 Å². The van der Waals surface area contributed by atoms with Gasteiger partial charge in [-0.25, -0.2) is 0 Å². The third-order valence-electron chi connectivity index (χ3n) is 5.57. The number of hydrogen-bond acceptors (Lipinski definition) is 0. The van der Waals surface area contributed by atoms with Gasteiger partial charge in [0.1, 0.15) is 0 Å². The minimum atomic E-state index is -0.0686. The summed E-state index contributed by atoms with van der Waals surface area (Å²) in [6.07, 6.45) is 22.1. The molecule has 0 heteroatoms. The smallest absolute Gasteiger partial charge is 0.0255 e. The molecule has 2 atom stereocenters. The fourth-order valence-electron chi connectivity index (χ4n) is 4.28. The Kier molecular flexibility index (Phi) is 8.60. The molecule has 0 spiro atoms. The van der Waals surface area contributed by atoms with Gasteiger partial charge in [-0.05, 0) is 57.6 Å². The molecule has 0 bridgehead atoms. The van der Waals surface area contributed by atoms with Gasteiger partial charge in [0.2, 0.25) is 0 Å². The molecule has 0 saturated heterocycles. The topological polar surface area (TPSA) is 0 Å². The Morgan fingerprint density at radius 2 is 1.65 bits per heavy atom. The van der Waals surface area contributed by atoms with Gasteiger partial charge >= 0.3 is 0 Å². The molecule has 0 saturated carbocycles. The maximum atomic E-state index is 4.46. The molecule has 0 aromatic rings. The molecule has 26 heavy (non-hydrogen) atoms. The van der Waals surface area contributed by atoms with E-state index in [1.807, 2.05) is 0 Å². The van der Waals surface area contributed by atoms with Gasteiger partial charge in [-0.2, -0.15) is 0 Å². The zero-order valence-corrected chi connectivity index (χ0v) is 18.3. The Bertz CT molecular complexity index is 631. The Morgan fingerprint density at radius 1 is 1.00 bits per heavy atom. The average Bonchev–Trinajstić information content (AvgIpc) is 2.79. The van der Waals surface area contributed by atoms with Gasteiger partial charge in [-0.1, -0.05) is 94.4 Å². The summed E-state index contributed by atoms with van der Waals surface area (Å²) in [7, 11) is 0. The van der Waals surface area contributed by atoms with E-state index in [1.54, 1.807) is 0 Å². The summed E-state index contributed by atoms with van der Waals surface area (Å²) in [4.78, 5) is 0. The molecule has 0 fully saturated rings. The van der Waals surface area contributed by atoms with Gasteiger partial charge in [0, 0.05) is 10.8 Å². The Balaban J connectivity index is 3.72. The lowest BCUT2D eigenvalue weighted by Gasteiger charge is -2.43. The lowest BCUT2D eigenvalue weighted by Crippen LogP contribution is -2.35. The zero-order valence-electron chi connectivity index (χ0n) is 18.3. The zero-order chi connectivity index (χ0) is 19.8. The summed E-state index contributed by atoms with van der Waals surface area (Å²) in [5, 5.41) is 0. The van der Waals surface area contributed by atoms with Crippen LogP contribution in [0.5, 0.6) is 0 Å². The van der Waals surface area contributed by atoms with Crippen molar-refractivity contribution in [3.8, 4) is 0 Å². The highest BCUT2D eigenvalue weighted by molar-refractivity contribution is 5.54. The van der Waals surface area contributed by atoms with E-state index in [0.717, 1.165) is 25.7 Å². The molecule has 0 amide bonds. The van der Waals surface area contributed by atoms with Crippen LogP contribution in [0.15, 0.2) is 71.4 Å². The Hall–Kier alpha value is -1.56. The molecular weight excluding hydrogens is 312 g/mol. The molecule has 0 aromatic carbocycles. The molecule has 1 aliphatic rings. The lowest BCUT2D eigenvalue weighted by molar-refractivity contribution is 0.282. The van der Waals surface area contributed by atoms with Crippen molar-refractivity contribution in [2.75, 3.05) is 0 Å². The lowest BCUT2D eigenvalue weighted by atomic mass is 9.59. The van der Waals surface area contributed by atoms with Crippen LogP contribution in [0.4, 0.5) is 0 Å². The average molecular weight is 353 g/mol. The van der Waals surface area contributed by atoms with Crippen molar-refractivity contribution in [1.82, 2.24) is 0 Å². The molecule has 0 aromatic heterocycles. The van der Waals surface area contributed by atoms with E-state index in [9.17, 15) is 0 Å². The van der Waals surface area contributed by atoms with E-state index in [0.29, 0.717) is 0 Å². The predicted octanol–water partition coefficient (Wildman–Crippen LogP) is 8.51. The first kappa shape index (κ1) is 22.5. The molecule has 0 radical (unpaired) electrons. The van der Waals surface area contributed by atoms with Crippen molar-refractivity contribution in [3.63, 3.8) is 0 Å². The van der Waals surface area contributed by atoms with Crippen LogP contribution in [0, 0.1) is 10.8 Å². The highest BCUT2D eigenvalue weighted by Gasteiger charge is 2.52. The Morgan fingerprint density at radius 3 is 2.15 bits per heavy atom. The molecule has 1 rings (SSSR count). The first-order valence-electron chi connectivity index (χ1n) is 10.4.